The summed E-state index contributed by atoms with van der Waals surface area (Å²) in [4.78, 5) is 72.7. The van der Waals surface area contributed by atoms with E-state index in [1.165, 1.54) is 22.4 Å². The van der Waals surface area contributed by atoms with Gasteiger partial charge in [0.25, 0.3) is 0 Å². The Bertz CT molecular complexity index is 1180. The summed E-state index contributed by atoms with van der Waals surface area (Å²) in [5.74, 6) is -1.50. The van der Waals surface area contributed by atoms with Gasteiger partial charge >= 0.3 is 6.09 Å². The molecule has 15 heteroatoms. The van der Waals surface area contributed by atoms with E-state index < -0.39 is 52.9 Å². The normalized spacial score (nSPS) is 13.6. The minimum absolute atomic E-state index is 0. The maximum absolute atomic E-state index is 12.9. The van der Waals surface area contributed by atoms with Gasteiger partial charge in [-0.05, 0) is 67.3 Å². The Hall–Kier alpha value is -3.30. The van der Waals surface area contributed by atoms with Gasteiger partial charge in [-0.2, -0.15) is 0 Å². The fourth-order valence-corrected chi connectivity index (χ4v) is 4.18. The third-order valence-corrected chi connectivity index (χ3v) is 6.38. The number of ether oxygens (including phenoxy) is 1. The van der Waals surface area contributed by atoms with E-state index in [0.717, 1.165) is 5.92 Å². The number of amides is 5. The predicted octanol–water partition coefficient (Wildman–Crippen LogP) is 3.83. The van der Waals surface area contributed by atoms with Crippen LogP contribution in [0.5, 0.6) is 0 Å². The molecule has 1 radical (unpaired) electrons. The third kappa shape index (κ3) is 26.5. The fourth-order valence-electron chi connectivity index (χ4n) is 4.18. The van der Waals surface area contributed by atoms with Crippen LogP contribution >= 0.6 is 0 Å². The number of carbonyl (C=O) groups excluding carboxylic acids is 6. The molecule has 0 aliphatic carbocycles. The SMILES string of the molecule is CC(C)C.CCC.CNCC(=O)N[C@@H](CCC([NH-])=O)C(=O)NCC1(N[C@@H](C)C(=O)NCC=O)CN(C(=O)OC(C)(C)C)C1.Cc1ccc(C)cc1.[Ta]. The zero-order valence-corrected chi connectivity index (χ0v) is 36.7. The summed E-state index contributed by atoms with van der Waals surface area (Å²) >= 11 is 0. The van der Waals surface area contributed by atoms with Crippen LogP contribution in [0.3, 0.4) is 0 Å². The summed E-state index contributed by atoms with van der Waals surface area (Å²) in [5.41, 5.74) is 8.15. The molecule has 1 aromatic carbocycles. The average Bonchev–Trinajstić information content (AvgIpc) is 2.99. The molecule has 1 heterocycles. The van der Waals surface area contributed by atoms with Crippen LogP contribution in [0.25, 0.3) is 5.73 Å². The summed E-state index contributed by atoms with van der Waals surface area (Å²) < 4.78 is 5.38. The maximum atomic E-state index is 12.9. The molecule has 2 rings (SSSR count). The van der Waals surface area contributed by atoms with E-state index in [0.29, 0.717) is 6.29 Å². The zero-order valence-electron chi connectivity index (χ0n) is 33.5. The van der Waals surface area contributed by atoms with Crippen molar-refractivity contribution in [2.75, 3.05) is 39.8 Å². The smallest absolute Gasteiger partial charge is 0.410 e. The largest absolute Gasteiger partial charge is 0.668 e. The molecular weight excluding hydrogens is 835 g/mol. The Kier molecular flexibility index (Phi) is 28.8. The van der Waals surface area contributed by atoms with Gasteiger partial charge in [0.1, 0.15) is 17.9 Å². The summed E-state index contributed by atoms with van der Waals surface area (Å²) in [6.45, 7) is 21.8. The number of aldehydes is 1. The second-order valence-electron chi connectivity index (χ2n) is 14.3. The van der Waals surface area contributed by atoms with E-state index in [1.807, 2.05) is 0 Å². The molecule has 2 atom stereocenters. The van der Waals surface area contributed by atoms with Crippen LogP contribution in [0.2, 0.25) is 0 Å². The number of hydrogen-bond acceptors (Lipinski definition) is 9. The van der Waals surface area contributed by atoms with Crippen molar-refractivity contribution in [2.45, 2.75) is 119 Å². The first-order valence-corrected chi connectivity index (χ1v) is 17.6. The van der Waals surface area contributed by atoms with Gasteiger partial charge in [-0.25, -0.2) is 4.79 Å². The van der Waals surface area contributed by atoms with Crippen molar-refractivity contribution in [2.24, 2.45) is 5.92 Å². The number of nitrogens with zero attached hydrogens (tertiary/aromatic N) is 1. The van der Waals surface area contributed by atoms with E-state index in [2.05, 4.69) is 99.3 Å². The van der Waals surface area contributed by atoms with Gasteiger partial charge in [0.05, 0.1) is 24.7 Å². The van der Waals surface area contributed by atoms with E-state index in [1.54, 1.807) is 34.7 Å². The Morgan fingerprint density at radius 1 is 0.942 bits per heavy atom. The molecule has 0 spiro atoms. The standard InChI is InChI=1S/C22H39N7O7.C8H10.C4H10.C3H8.Ta/c1-14(18(33)25-8-9-30)28-22(12-29(13-22)20(35)36-21(2,3)4)11-26-19(34)15(6-7-16(23)31)27-17(32)10-24-5;1-7-3-5-8(2)6-4-7;1-4(2)3;1-3-2;/h9,14-15,24,28H,6-8,10-13H2,1-5H3,(H5,23,25,26,27,31,32,33,34);3-6H,1-2H3;4H,1-3H3;3H2,1-2H3;/p-1/t14-,15-;;;;/m0..../s1. The minimum atomic E-state index is -1.05. The van der Waals surface area contributed by atoms with Gasteiger partial charge in [0.2, 0.25) is 17.7 Å². The molecule has 0 aromatic heterocycles. The Morgan fingerprint density at radius 2 is 1.42 bits per heavy atom. The Labute approximate surface area is 327 Å². The van der Waals surface area contributed by atoms with Crippen LogP contribution in [0.15, 0.2) is 24.3 Å². The number of carbonyl (C=O) groups is 6. The summed E-state index contributed by atoms with van der Waals surface area (Å²) in [6, 6.07) is 6.68. The minimum Gasteiger partial charge on any atom is -0.668 e. The first kappa shape index (κ1) is 53.1. The van der Waals surface area contributed by atoms with Gasteiger partial charge in [-0.1, -0.05) is 76.4 Å². The predicted molar refractivity (Wildman–Crippen MR) is 202 cm³/mol. The average molecular weight is 902 g/mol. The van der Waals surface area contributed by atoms with E-state index >= 15 is 0 Å². The summed E-state index contributed by atoms with van der Waals surface area (Å²) in [6.07, 6.45) is 0.980. The molecule has 14 nitrogen and oxygen atoms in total. The number of benzene rings is 1. The van der Waals surface area contributed by atoms with Gasteiger partial charge in [0, 0.05) is 47.9 Å². The Morgan fingerprint density at radius 3 is 1.83 bits per heavy atom. The molecule has 1 aliphatic heterocycles. The first-order chi connectivity index (χ1) is 23.6. The number of rotatable bonds is 14. The van der Waals surface area contributed by atoms with Crippen molar-refractivity contribution >= 4 is 36.0 Å². The zero-order chi connectivity index (χ0) is 39.8. The molecule has 297 valence electrons. The van der Waals surface area contributed by atoms with E-state index in [9.17, 15) is 28.8 Å². The molecule has 1 aromatic rings. The molecule has 6 N–H and O–H groups in total. The van der Waals surface area contributed by atoms with E-state index in [-0.39, 0.29) is 67.9 Å². The van der Waals surface area contributed by atoms with Gasteiger partial charge < -0.3 is 46.2 Å². The third-order valence-electron chi connectivity index (χ3n) is 6.38. The van der Waals surface area contributed by atoms with Gasteiger partial charge in [0.15, 0.2) is 0 Å². The summed E-state index contributed by atoms with van der Waals surface area (Å²) in [5, 5.41) is 13.5. The summed E-state index contributed by atoms with van der Waals surface area (Å²) in [7, 11) is 1.57. The van der Waals surface area contributed by atoms with Crippen molar-refractivity contribution < 1.29 is 55.9 Å². The second kappa shape index (κ2) is 28.2. The van der Waals surface area contributed by atoms with Crippen molar-refractivity contribution in [1.29, 1.82) is 0 Å². The molecule has 0 saturated carbocycles. The number of aryl methyl sites for hydroxylation is 2. The van der Waals surface area contributed by atoms with Crippen molar-refractivity contribution in [3.63, 3.8) is 0 Å². The van der Waals surface area contributed by atoms with Crippen molar-refractivity contribution in [3.05, 3.63) is 41.1 Å². The van der Waals surface area contributed by atoms with Gasteiger partial charge in [-0.3, -0.25) is 19.7 Å². The second-order valence-corrected chi connectivity index (χ2v) is 14.3. The van der Waals surface area contributed by atoms with Crippen molar-refractivity contribution in [3.8, 4) is 0 Å². The molecule has 1 saturated heterocycles. The maximum Gasteiger partial charge on any atom is 0.410 e. The van der Waals surface area contributed by atoms with Gasteiger partial charge in [-0.15, -0.1) is 0 Å². The van der Waals surface area contributed by atoms with Crippen LogP contribution in [-0.2, 0) is 51.1 Å². The van der Waals surface area contributed by atoms with Crippen LogP contribution in [0, 0.1) is 19.8 Å². The topological polar surface area (TPSA) is 199 Å². The molecule has 5 amide bonds. The van der Waals surface area contributed by atoms with Crippen LogP contribution in [0.4, 0.5) is 4.79 Å². The monoisotopic (exact) mass is 901 g/mol. The van der Waals surface area contributed by atoms with Crippen LogP contribution in [-0.4, -0.2) is 104 Å². The molecule has 1 aliphatic rings. The van der Waals surface area contributed by atoms with E-state index in [4.69, 9.17) is 10.5 Å². The fraction of sp³-hybridized carbons (Fsp3) is 0.676. The first-order valence-electron chi connectivity index (χ1n) is 17.6. The van der Waals surface area contributed by atoms with Crippen molar-refractivity contribution in [1.82, 2.24) is 31.5 Å². The Balaban J connectivity index is -0.00000124. The molecule has 0 bridgehead atoms. The number of hydrogen-bond donors (Lipinski definition) is 5. The number of likely N-dealkylation sites (tertiary alicyclic amines) is 1. The molecule has 52 heavy (non-hydrogen) atoms. The van der Waals surface area contributed by atoms with Crippen LogP contribution < -0.4 is 26.6 Å². The number of nitrogens with one attached hydrogen (secondary N) is 6. The van der Waals surface area contributed by atoms with Crippen LogP contribution in [0.1, 0.15) is 92.7 Å². The number of likely N-dealkylation sites (N-methyl/N-ethyl adjacent to an activating group) is 1. The molecular formula is C37H66N7O7Ta-. The molecule has 0 unspecified atom stereocenters. The quantitative estimate of drug-likeness (QED) is 0.172. The molecule has 1 fully saturated rings.